The number of rotatable bonds is 5. The van der Waals surface area contributed by atoms with Crippen molar-refractivity contribution in [3.63, 3.8) is 0 Å². The van der Waals surface area contributed by atoms with Gasteiger partial charge in [-0.1, -0.05) is 11.6 Å². The highest BCUT2D eigenvalue weighted by Crippen LogP contribution is 2.38. The number of halogens is 2. The predicted octanol–water partition coefficient (Wildman–Crippen LogP) is 1.96. The molecule has 0 saturated heterocycles. The Bertz CT molecular complexity index is 423. The molecule has 6 heteroatoms. The van der Waals surface area contributed by atoms with Crippen LogP contribution in [0.3, 0.4) is 0 Å². The summed E-state index contributed by atoms with van der Waals surface area (Å²) in [6, 6.07) is 1.25. The van der Waals surface area contributed by atoms with E-state index in [0.29, 0.717) is 0 Å². The summed E-state index contributed by atoms with van der Waals surface area (Å²) >= 11 is 5.70. The van der Waals surface area contributed by atoms with Gasteiger partial charge < -0.3 is 20.1 Å². The molecule has 0 bridgehead atoms. The zero-order chi connectivity index (χ0) is 13.9. The van der Waals surface area contributed by atoms with Crippen molar-refractivity contribution >= 4 is 11.6 Å². The zero-order valence-corrected chi connectivity index (χ0v) is 10.9. The molecule has 1 rings (SSSR count). The average molecular weight is 279 g/mol. The topological polar surface area (TPSA) is 69.9 Å². The van der Waals surface area contributed by atoms with Crippen LogP contribution in [0.4, 0.5) is 4.39 Å². The maximum Gasteiger partial charge on any atom is 0.151 e. The Morgan fingerprint density at radius 1 is 1.44 bits per heavy atom. The Labute approximate surface area is 110 Å². The van der Waals surface area contributed by atoms with E-state index < -0.39 is 24.6 Å². The highest BCUT2D eigenvalue weighted by molar-refractivity contribution is 6.31. The van der Waals surface area contributed by atoms with Crippen LogP contribution < -0.4 is 4.74 Å². The minimum absolute atomic E-state index is 0.0240. The second-order valence-corrected chi connectivity index (χ2v) is 4.22. The summed E-state index contributed by atoms with van der Waals surface area (Å²) in [7, 11) is 0. The largest absolute Gasteiger partial charge is 0.493 e. The summed E-state index contributed by atoms with van der Waals surface area (Å²) in [5, 5.41) is 28.0. The van der Waals surface area contributed by atoms with Gasteiger partial charge in [-0.25, -0.2) is 4.39 Å². The van der Waals surface area contributed by atoms with E-state index in [1.807, 2.05) is 0 Å². The van der Waals surface area contributed by atoms with E-state index in [0.717, 1.165) is 0 Å². The van der Waals surface area contributed by atoms with Gasteiger partial charge in [0.05, 0.1) is 29.9 Å². The second-order valence-electron chi connectivity index (χ2n) is 3.81. The first-order valence-corrected chi connectivity index (χ1v) is 5.93. The van der Waals surface area contributed by atoms with Crippen molar-refractivity contribution in [3.05, 3.63) is 28.0 Å². The SMILES string of the molecule is CCOc1c(C(C)O)cc(Cl)c(F)c1C(O)CO. The van der Waals surface area contributed by atoms with E-state index in [1.165, 1.54) is 13.0 Å². The molecule has 0 amide bonds. The van der Waals surface area contributed by atoms with Gasteiger partial charge in [0.2, 0.25) is 0 Å². The fourth-order valence-electron chi connectivity index (χ4n) is 1.65. The fourth-order valence-corrected chi connectivity index (χ4v) is 1.87. The van der Waals surface area contributed by atoms with Crippen LogP contribution >= 0.6 is 11.6 Å². The number of aliphatic hydroxyl groups excluding tert-OH is 3. The van der Waals surface area contributed by atoms with Gasteiger partial charge in [-0.05, 0) is 19.9 Å². The summed E-state index contributed by atoms with van der Waals surface area (Å²) in [4.78, 5) is 0. The molecule has 0 aromatic heterocycles. The predicted molar refractivity (Wildman–Crippen MR) is 65.3 cm³/mol. The van der Waals surface area contributed by atoms with Crippen LogP contribution in [0, 0.1) is 5.82 Å². The molecule has 0 heterocycles. The molecule has 2 atom stereocenters. The normalized spacial score (nSPS) is 14.4. The highest BCUT2D eigenvalue weighted by Gasteiger charge is 2.25. The van der Waals surface area contributed by atoms with Gasteiger partial charge in [-0.15, -0.1) is 0 Å². The van der Waals surface area contributed by atoms with Gasteiger partial charge in [-0.2, -0.15) is 0 Å². The molecule has 0 radical (unpaired) electrons. The third-order valence-corrected chi connectivity index (χ3v) is 2.76. The number of aliphatic hydroxyl groups is 3. The number of hydrogen-bond donors (Lipinski definition) is 3. The van der Waals surface area contributed by atoms with E-state index in [9.17, 15) is 14.6 Å². The van der Waals surface area contributed by atoms with Crippen LogP contribution in [-0.2, 0) is 0 Å². The highest BCUT2D eigenvalue weighted by atomic mass is 35.5. The lowest BCUT2D eigenvalue weighted by molar-refractivity contribution is 0.0887. The third kappa shape index (κ3) is 2.92. The molecule has 0 aliphatic heterocycles. The van der Waals surface area contributed by atoms with Crippen LogP contribution in [0.15, 0.2) is 6.07 Å². The van der Waals surface area contributed by atoms with Crippen molar-refractivity contribution in [1.29, 1.82) is 0 Å². The molecular formula is C12H16ClFO4. The summed E-state index contributed by atoms with van der Waals surface area (Å²) < 4.78 is 19.2. The maximum absolute atomic E-state index is 13.9. The first-order chi connectivity index (χ1) is 8.43. The summed E-state index contributed by atoms with van der Waals surface area (Å²) in [6.45, 7) is 2.72. The molecule has 0 saturated carbocycles. The van der Waals surface area contributed by atoms with Crippen molar-refractivity contribution < 1.29 is 24.4 Å². The maximum atomic E-state index is 13.9. The number of benzene rings is 1. The van der Waals surface area contributed by atoms with E-state index >= 15 is 0 Å². The van der Waals surface area contributed by atoms with Crippen molar-refractivity contribution in [2.45, 2.75) is 26.1 Å². The molecule has 1 aromatic rings. The minimum Gasteiger partial charge on any atom is -0.493 e. The van der Waals surface area contributed by atoms with Crippen molar-refractivity contribution in [2.75, 3.05) is 13.2 Å². The summed E-state index contributed by atoms with van der Waals surface area (Å²) in [5.74, 6) is -0.831. The monoisotopic (exact) mass is 278 g/mol. The fraction of sp³-hybridized carbons (Fsp3) is 0.500. The number of hydrogen-bond acceptors (Lipinski definition) is 4. The van der Waals surface area contributed by atoms with Crippen LogP contribution in [0.2, 0.25) is 5.02 Å². The first kappa shape index (κ1) is 15.2. The molecule has 102 valence electrons. The zero-order valence-electron chi connectivity index (χ0n) is 10.2. The molecule has 0 aliphatic rings. The van der Waals surface area contributed by atoms with Crippen LogP contribution in [0.1, 0.15) is 37.2 Å². The van der Waals surface area contributed by atoms with Crippen LogP contribution in [0.5, 0.6) is 5.75 Å². The van der Waals surface area contributed by atoms with Crippen molar-refractivity contribution in [1.82, 2.24) is 0 Å². The van der Waals surface area contributed by atoms with E-state index in [-0.39, 0.29) is 28.5 Å². The van der Waals surface area contributed by atoms with E-state index in [4.69, 9.17) is 21.4 Å². The first-order valence-electron chi connectivity index (χ1n) is 5.55. The van der Waals surface area contributed by atoms with Gasteiger partial charge in [0, 0.05) is 5.56 Å². The average Bonchev–Trinajstić information content (AvgIpc) is 2.33. The lowest BCUT2D eigenvalue weighted by Gasteiger charge is -2.20. The molecule has 0 spiro atoms. The van der Waals surface area contributed by atoms with Gasteiger partial charge in [-0.3, -0.25) is 0 Å². The molecule has 0 fully saturated rings. The summed E-state index contributed by atoms with van der Waals surface area (Å²) in [5.41, 5.74) is 0.0356. The number of ether oxygens (including phenoxy) is 1. The molecule has 1 aromatic carbocycles. The Balaban J connectivity index is 3.51. The molecule has 4 nitrogen and oxygen atoms in total. The van der Waals surface area contributed by atoms with Gasteiger partial charge in [0.15, 0.2) is 5.82 Å². The minimum atomic E-state index is -1.46. The Kier molecular flexibility index (Phi) is 5.34. The Morgan fingerprint density at radius 2 is 2.06 bits per heavy atom. The van der Waals surface area contributed by atoms with Crippen LogP contribution in [-0.4, -0.2) is 28.5 Å². The van der Waals surface area contributed by atoms with Gasteiger partial charge in [0.25, 0.3) is 0 Å². The molecule has 2 unspecified atom stereocenters. The van der Waals surface area contributed by atoms with Crippen molar-refractivity contribution in [2.24, 2.45) is 0 Å². The molecule has 3 N–H and O–H groups in total. The molecule has 18 heavy (non-hydrogen) atoms. The standard InChI is InChI=1S/C12H16ClFO4/c1-3-18-12-7(6(2)16)4-8(13)11(14)10(12)9(17)5-15/h4,6,9,15-17H,3,5H2,1-2H3. The smallest absolute Gasteiger partial charge is 0.151 e. The van der Waals surface area contributed by atoms with Gasteiger partial charge >= 0.3 is 0 Å². The van der Waals surface area contributed by atoms with Crippen LogP contribution in [0.25, 0.3) is 0 Å². The molecule has 0 aliphatic carbocycles. The quantitative estimate of drug-likeness (QED) is 0.770. The third-order valence-electron chi connectivity index (χ3n) is 2.48. The molecular weight excluding hydrogens is 263 g/mol. The van der Waals surface area contributed by atoms with E-state index in [2.05, 4.69) is 0 Å². The second kappa shape index (κ2) is 6.33. The lowest BCUT2D eigenvalue weighted by atomic mass is 10.0. The van der Waals surface area contributed by atoms with E-state index in [1.54, 1.807) is 6.92 Å². The van der Waals surface area contributed by atoms with Crippen molar-refractivity contribution in [3.8, 4) is 5.75 Å². The lowest BCUT2D eigenvalue weighted by Crippen LogP contribution is -2.12. The Morgan fingerprint density at radius 3 is 2.50 bits per heavy atom. The summed E-state index contributed by atoms with van der Waals surface area (Å²) in [6.07, 6.45) is -2.39. The van der Waals surface area contributed by atoms with Gasteiger partial charge in [0.1, 0.15) is 11.9 Å². The Hall–Kier alpha value is -0.880.